The lowest BCUT2D eigenvalue weighted by Crippen LogP contribution is -2.08. The van der Waals surface area contributed by atoms with Crippen molar-refractivity contribution in [2.75, 3.05) is 0 Å². The van der Waals surface area contributed by atoms with Crippen LogP contribution in [0.4, 0.5) is 0 Å². The molecule has 0 aliphatic heterocycles. The van der Waals surface area contributed by atoms with Gasteiger partial charge in [-0.1, -0.05) is 26.0 Å². The summed E-state index contributed by atoms with van der Waals surface area (Å²) < 4.78 is 22.5. The molecule has 3 nitrogen and oxygen atoms in total. The van der Waals surface area contributed by atoms with Crippen LogP contribution in [0, 0.1) is 12.8 Å². The van der Waals surface area contributed by atoms with Crippen molar-refractivity contribution in [1.29, 1.82) is 0 Å². The zero-order valence-electron chi connectivity index (χ0n) is 9.32. The van der Waals surface area contributed by atoms with Crippen LogP contribution < -0.4 is 0 Å². The van der Waals surface area contributed by atoms with Gasteiger partial charge in [-0.2, -0.15) is 0 Å². The first-order valence-corrected chi connectivity index (χ1v) is 7.14. The largest absolute Gasteiger partial charge is 0.294 e. The number of halogens is 1. The lowest BCUT2D eigenvalue weighted by molar-refractivity contribution is 0.0939. The Bertz CT molecular complexity index is 518. The molecule has 0 bridgehead atoms. The van der Waals surface area contributed by atoms with Gasteiger partial charge in [-0.05, 0) is 18.6 Å². The summed E-state index contributed by atoms with van der Waals surface area (Å²) in [4.78, 5) is 11.7. The normalized spacial score (nSPS) is 11.8. The quantitative estimate of drug-likeness (QED) is 0.620. The molecule has 16 heavy (non-hydrogen) atoms. The molecule has 0 aliphatic carbocycles. The minimum Gasteiger partial charge on any atom is -0.294 e. The summed E-state index contributed by atoms with van der Waals surface area (Å²) in [5.41, 5.74) is 0.912. The van der Waals surface area contributed by atoms with E-state index in [4.69, 9.17) is 10.7 Å². The molecule has 0 fully saturated rings. The van der Waals surface area contributed by atoms with Gasteiger partial charge in [-0.25, -0.2) is 8.42 Å². The summed E-state index contributed by atoms with van der Waals surface area (Å²) in [6.07, 6.45) is 0. The first kappa shape index (κ1) is 13.2. The predicted octanol–water partition coefficient (Wildman–Crippen LogP) is 2.76. The second-order valence-electron chi connectivity index (χ2n) is 3.94. The highest BCUT2D eigenvalue weighted by molar-refractivity contribution is 8.13. The number of ketones is 1. The third-order valence-corrected chi connectivity index (χ3v) is 3.72. The zero-order valence-corrected chi connectivity index (χ0v) is 10.9. The van der Waals surface area contributed by atoms with Crippen molar-refractivity contribution in [3.63, 3.8) is 0 Å². The van der Waals surface area contributed by atoms with E-state index in [1.54, 1.807) is 32.9 Å². The Kier molecular flexibility index (Phi) is 3.76. The Morgan fingerprint density at radius 1 is 1.31 bits per heavy atom. The van der Waals surface area contributed by atoms with Gasteiger partial charge < -0.3 is 0 Å². The first-order valence-electron chi connectivity index (χ1n) is 4.83. The van der Waals surface area contributed by atoms with Crippen molar-refractivity contribution >= 4 is 25.5 Å². The number of hydrogen-bond donors (Lipinski definition) is 0. The van der Waals surface area contributed by atoms with Crippen LogP contribution in [0.2, 0.25) is 0 Å². The van der Waals surface area contributed by atoms with Gasteiger partial charge in [0.2, 0.25) is 0 Å². The van der Waals surface area contributed by atoms with E-state index >= 15 is 0 Å². The summed E-state index contributed by atoms with van der Waals surface area (Å²) in [5.74, 6) is -0.268. The van der Waals surface area contributed by atoms with Crippen molar-refractivity contribution in [3.05, 3.63) is 29.3 Å². The fourth-order valence-electron chi connectivity index (χ4n) is 1.35. The monoisotopic (exact) mass is 260 g/mol. The van der Waals surface area contributed by atoms with Crippen molar-refractivity contribution in [2.45, 2.75) is 25.7 Å². The minimum absolute atomic E-state index is 0.000617. The van der Waals surface area contributed by atoms with Crippen LogP contribution in [0.25, 0.3) is 0 Å². The molecule has 1 aromatic carbocycles. The second-order valence-corrected chi connectivity index (χ2v) is 6.47. The molecule has 0 N–H and O–H groups in total. The molecular weight excluding hydrogens is 248 g/mol. The van der Waals surface area contributed by atoms with Crippen LogP contribution in [-0.4, -0.2) is 14.2 Å². The summed E-state index contributed by atoms with van der Waals surface area (Å²) in [5, 5.41) is 0. The van der Waals surface area contributed by atoms with Crippen molar-refractivity contribution in [1.82, 2.24) is 0 Å². The highest BCUT2D eigenvalue weighted by atomic mass is 35.7. The van der Waals surface area contributed by atoms with E-state index in [9.17, 15) is 13.2 Å². The van der Waals surface area contributed by atoms with E-state index in [-0.39, 0.29) is 16.6 Å². The van der Waals surface area contributed by atoms with Crippen LogP contribution in [-0.2, 0) is 9.05 Å². The molecule has 0 saturated heterocycles. The fourth-order valence-corrected chi connectivity index (χ4v) is 2.57. The third kappa shape index (κ3) is 2.83. The van der Waals surface area contributed by atoms with Crippen LogP contribution in [0.15, 0.2) is 23.1 Å². The minimum atomic E-state index is -3.80. The van der Waals surface area contributed by atoms with E-state index < -0.39 is 9.05 Å². The predicted molar refractivity (Wildman–Crippen MR) is 63.4 cm³/mol. The molecule has 0 aromatic heterocycles. The average Bonchev–Trinajstić information content (AvgIpc) is 2.15. The Balaban J connectivity index is 3.34. The molecule has 0 aliphatic rings. The summed E-state index contributed by atoms with van der Waals surface area (Å²) >= 11 is 0. The molecule has 0 atom stereocenters. The van der Waals surface area contributed by atoms with Crippen LogP contribution in [0.3, 0.4) is 0 Å². The number of carbonyl (C=O) groups excluding carboxylic acids is 1. The van der Waals surface area contributed by atoms with E-state index in [0.717, 1.165) is 0 Å². The smallest absolute Gasteiger partial charge is 0.261 e. The Morgan fingerprint density at radius 3 is 2.31 bits per heavy atom. The molecular formula is C11H13ClO3S. The topological polar surface area (TPSA) is 51.2 Å². The zero-order chi connectivity index (χ0) is 12.5. The molecule has 0 spiro atoms. The summed E-state index contributed by atoms with van der Waals surface area (Å²) in [6.45, 7) is 5.16. The standard InChI is InChI=1S/C11H13ClO3S/c1-7(2)11(13)9-5-4-8(3)10(6-9)16(12,14)15/h4-7H,1-3H3. The summed E-state index contributed by atoms with van der Waals surface area (Å²) in [6, 6.07) is 4.54. The molecule has 88 valence electrons. The lowest BCUT2D eigenvalue weighted by atomic mass is 10.0. The van der Waals surface area contributed by atoms with Gasteiger partial charge in [0.25, 0.3) is 9.05 Å². The van der Waals surface area contributed by atoms with Crippen LogP contribution >= 0.6 is 10.7 Å². The maximum atomic E-state index is 11.7. The number of aryl methyl sites for hydroxylation is 1. The third-order valence-electron chi connectivity index (χ3n) is 2.26. The van der Waals surface area contributed by atoms with E-state index in [1.165, 1.54) is 6.07 Å². The Morgan fingerprint density at radius 2 is 1.88 bits per heavy atom. The molecule has 1 aromatic rings. The van der Waals surface area contributed by atoms with E-state index in [0.29, 0.717) is 11.1 Å². The van der Waals surface area contributed by atoms with Crippen molar-refractivity contribution < 1.29 is 13.2 Å². The number of benzene rings is 1. The number of rotatable bonds is 3. The Hall–Kier alpha value is -0.870. The SMILES string of the molecule is Cc1ccc(C(=O)C(C)C)cc1S(=O)(=O)Cl. The van der Waals surface area contributed by atoms with E-state index in [1.807, 2.05) is 0 Å². The first-order chi connectivity index (χ1) is 7.23. The molecule has 1 rings (SSSR count). The highest BCUT2D eigenvalue weighted by Gasteiger charge is 2.17. The average molecular weight is 261 g/mol. The van der Waals surface area contributed by atoms with Gasteiger partial charge in [0.1, 0.15) is 0 Å². The summed E-state index contributed by atoms with van der Waals surface area (Å²) in [7, 11) is 1.49. The van der Waals surface area contributed by atoms with Gasteiger partial charge in [0, 0.05) is 22.2 Å². The molecule has 5 heteroatoms. The van der Waals surface area contributed by atoms with E-state index in [2.05, 4.69) is 0 Å². The molecule has 0 amide bonds. The molecule has 0 saturated carbocycles. The Labute approximate surface area is 99.9 Å². The fraction of sp³-hybridized carbons (Fsp3) is 0.364. The van der Waals surface area contributed by atoms with Crippen molar-refractivity contribution in [2.24, 2.45) is 5.92 Å². The maximum Gasteiger partial charge on any atom is 0.261 e. The van der Waals surface area contributed by atoms with Gasteiger partial charge in [0.15, 0.2) is 5.78 Å². The van der Waals surface area contributed by atoms with Crippen LogP contribution in [0.1, 0.15) is 29.8 Å². The maximum absolute atomic E-state index is 11.7. The number of carbonyl (C=O) groups is 1. The number of Topliss-reactive ketones (excluding diaryl/α,β-unsaturated/α-hetero) is 1. The van der Waals surface area contributed by atoms with Gasteiger partial charge in [-0.3, -0.25) is 4.79 Å². The highest BCUT2D eigenvalue weighted by Crippen LogP contribution is 2.22. The van der Waals surface area contributed by atoms with Crippen LogP contribution in [0.5, 0.6) is 0 Å². The second kappa shape index (κ2) is 4.55. The van der Waals surface area contributed by atoms with Gasteiger partial charge >= 0.3 is 0 Å². The molecule has 0 radical (unpaired) electrons. The molecule has 0 heterocycles. The number of hydrogen-bond acceptors (Lipinski definition) is 3. The molecule has 0 unspecified atom stereocenters. The van der Waals surface area contributed by atoms with Gasteiger partial charge in [0.05, 0.1) is 4.90 Å². The van der Waals surface area contributed by atoms with Crippen molar-refractivity contribution in [3.8, 4) is 0 Å². The lowest BCUT2D eigenvalue weighted by Gasteiger charge is -2.07. The van der Waals surface area contributed by atoms with Gasteiger partial charge in [-0.15, -0.1) is 0 Å².